The number of rotatable bonds is 4. The largest absolute Gasteiger partial charge is 0.396 e. The summed E-state index contributed by atoms with van der Waals surface area (Å²) in [5, 5.41) is 17.0. The zero-order valence-electron chi connectivity index (χ0n) is 8.88. The van der Waals surface area contributed by atoms with E-state index in [1.54, 1.807) is 0 Å². The highest BCUT2D eigenvalue weighted by atomic mass is 16.3. The van der Waals surface area contributed by atoms with Crippen molar-refractivity contribution in [2.24, 2.45) is 5.92 Å². The standard InChI is InChI=1S/C6H14O.C4H10O/c1-3-5-6(7)4-2;1-4(2)3-5/h6-7H,3-5H2,1-2H3;4-5H,3H2,1-2H3. The molecule has 0 spiro atoms. The fourth-order valence-corrected chi connectivity index (χ4v) is 0.537. The Balaban J connectivity index is 0. The topological polar surface area (TPSA) is 40.5 Å². The molecule has 0 saturated carbocycles. The van der Waals surface area contributed by atoms with Crippen molar-refractivity contribution in [1.29, 1.82) is 0 Å². The van der Waals surface area contributed by atoms with Gasteiger partial charge >= 0.3 is 0 Å². The third-order valence-corrected chi connectivity index (χ3v) is 1.46. The number of hydrogen-bond acceptors (Lipinski definition) is 2. The second kappa shape index (κ2) is 10.9. The van der Waals surface area contributed by atoms with E-state index >= 15 is 0 Å². The first-order valence-corrected chi connectivity index (χ1v) is 4.87. The Morgan fingerprint density at radius 2 is 1.58 bits per heavy atom. The van der Waals surface area contributed by atoms with Gasteiger partial charge in [-0.15, -0.1) is 0 Å². The third-order valence-electron chi connectivity index (χ3n) is 1.46. The van der Waals surface area contributed by atoms with Crippen LogP contribution in [0.1, 0.15) is 47.0 Å². The van der Waals surface area contributed by atoms with Gasteiger partial charge in [0.2, 0.25) is 0 Å². The van der Waals surface area contributed by atoms with Gasteiger partial charge in [0, 0.05) is 6.61 Å². The maximum atomic E-state index is 8.86. The summed E-state index contributed by atoms with van der Waals surface area (Å²) in [4.78, 5) is 0. The molecule has 12 heavy (non-hydrogen) atoms. The predicted molar refractivity (Wildman–Crippen MR) is 53.1 cm³/mol. The van der Waals surface area contributed by atoms with Crippen LogP contribution < -0.4 is 0 Å². The van der Waals surface area contributed by atoms with Crippen LogP contribution in [0.2, 0.25) is 0 Å². The van der Waals surface area contributed by atoms with Crippen molar-refractivity contribution in [1.82, 2.24) is 0 Å². The van der Waals surface area contributed by atoms with Crippen molar-refractivity contribution >= 4 is 0 Å². The molecule has 2 nitrogen and oxygen atoms in total. The van der Waals surface area contributed by atoms with Gasteiger partial charge in [0.15, 0.2) is 0 Å². The molecule has 0 rings (SSSR count). The second-order valence-corrected chi connectivity index (χ2v) is 3.43. The normalized spacial score (nSPS) is 12.2. The highest BCUT2D eigenvalue weighted by Crippen LogP contribution is 1.98. The van der Waals surface area contributed by atoms with Crippen LogP contribution in [0.4, 0.5) is 0 Å². The van der Waals surface area contributed by atoms with E-state index in [4.69, 9.17) is 10.2 Å². The van der Waals surface area contributed by atoms with Crippen LogP contribution >= 0.6 is 0 Å². The Morgan fingerprint density at radius 1 is 1.17 bits per heavy atom. The molecular formula is C10H24O2. The molecule has 0 aromatic heterocycles. The van der Waals surface area contributed by atoms with E-state index in [9.17, 15) is 0 Å². The summed E-state index contributed by atoms with van der Waals surface area (Å²) in [6, 6.07) is 0. The van der Waals surface area contributed by atoms with E-state index in [1.165, 1.54) is 0 Å². The van der Waals surface area contributed by atoms with E-state index in [2.05, 4.69) is 6.92 Å². The lowest BCUT2D eigenvalue weighted by atomic mass is 10.2. The predicted octanol–water partition coefficient (Wildman–Crippen LogP) is 2.19. The van der Waals surface area contributed by atoms with Gasteiger partial charge in [-0.05, 0) is 18.8 Å². The summed E-state index contributed by atoms with van der Waals surface area (Å²) < 4.78 is 0. The van der Waals surface area contributed by atoms with Gasteiger partial charge in [0.25, 0.3) is 0 Å². The maximum Gasteiger partial charge on any atom is 0.0537 e. The van der Waals surface area contributed by atoms with Crippen LogP contribution in [0.5, 0.6) is 0 Å². The molecule has 0 aliphatic heterocycles. The van der Waals surface area contributed by atoms with Crippen molar-refractivity contribution in [2.45, 2.75) is 53.1 Å². The minimum Gasteiger partial charge on any atom is -0.396 e. The Hall–Kier alpha value is -0.0800. The molecule has 2 N–H and O–H groups in total. The molecule has 0 fully saturated rings. The van der Waals surface area contributed by atoms with Crippen molar-refractivity contribution in [3.63, 3.8) is 0 Å². The smallest absolute Gasteiger partial charge is 0.0537 e. The van der Waals surface area contributed by atoms with Crippen molar-refractivity contribution in [3.8, 4) is 0 Å². The van der Waals surface area contributed by atoms with Crippen LogP contribution in [0.3, 0.4) is 0 Å². The molecule has 0 bridgehead atoms. The third kappa shape index (κ3) is 16.5. The van der Waals surface area contributed by atoms with Crippen molar-refractivity contribution in [2.75, 3.05) is 6.61 Å². The molecule has 0 aliphatic rings. The molecule has 0 saturated heterocycles. The average Bonchev–Trinajstić information content (AvgIpc) is 2.06. The lowest BCUT2D eigenvalue weighted by molar-refractivity contribution is 0.159. The van der Waals surface area contributed by atoms with Gasteiger partial charge in [0.1, 0.15) is 0 Å². The van der Waals surface area contributed by atoms with Crippen LogP contribution in [0.25, 0.3) is 0 Å². The Kier molecular flexibility index (Phi) is 13.1. The first kappa shape index (κ1) is 14.4. The quantitative estimate of drug-likeness (QED) is 0.689. The van der Waals surface area contributed by atoms with E-state index in [-0.39, 0.29) is 6.10 Å². The summed E-state index contributed by atoms with van der Waals surface area (Å²) in [6.45, 7) is 8.33. The minimum absolute atomic E-state index is 0.0509. The molecule has 0 heterocycles. The Labute approximate surface area is 76.6 Å². The lowest BCUT2D eigenvalue weighted by Gasteiger charge is -2.01. The highest BCUT2D eigenvalue weighted by molar-refractivity contribution is 4.47. The summed E-state index contributed by atoms with van der Waals surface area (Å²) >= 11 is 0. The van der Waals surface area contributed by atoms with Crippen LogP contribution in [0, 0.1) is 5.92 Å². The van der Waals surface area contributed by atoms with E-state index < -0.39 is 0 Å². The molecule has 1 unspecified atom stereocenters. The molecule has 0 amide bonds. The van der Waals surface area contributed by atoms with Gasteiger partial charge in [-0.1, -0.05) is 34.1 Å². The summed E-state index contributed by atoms with van der Waals surface area (Å²) in [5.74, 6) is 0.440. The molecule has 2 heteroatoms. The minimum atomic E-state index is -0.0509. The molecular weight excluding hydrogens is 152 g/mol. The van der Waals surface area contributed by atoms with E-state index in [1.807, 2.05) is 20.8 Å². The first-order chi connectivity index (χ1) is 5.58. The van der Waals surface area contributed by atoms with Gasteiger partial charge in [0.05, 0.1) is 6.10 Å². The lowest BCUT2D eigenvalue weighted by Crippen LogP contribution is -2.01. The fourth-order valence-electron chi connectivity index (χ4n) is 0.537. The van der Waals surface area contributed by atoms with E-state index in [0.717, 1.165) is 19.3 Å². The zero-order chi connectivity index (χ0) is 9.98. The Morgan fingerprint density at radius 3 is 1.67 bits per heavy atom. The molecule has 0 aromatic rings. The summed E-state index contributed by atoms with van der Waals surface area (Å²) in [7, 11) is 0. The molecule has 76 valence electrons. The van der Waals surface area contributed by atoms with Gasteiger partial charge in [-0.2, -0.15) is 0 Å². The zero-order valence-corrected chi connectivity index (χ0v) is 8.88. The number of hydrogen-bond donors (Lipinski definition) is 2. The summed E-state index contributed by atoms with van der Waals surface area (Å²) in [5.41, 5.74) is 0. The average molecular weight is 176 g/mol. The summed E-state index contributed by atoms with van der Waals surface area (Å²) in [6.07, 6.45) is 2.89. The monoisotopic (exact) mass is 176 g/mol. The van der Waals surface area contributed by atoms with Gasteiger partial charge in [-0.3, -0.25) is 0 Å². The van der Waals surface area contributed by atoms with Crippen LogP contribution in [0.15, 0.2) is 0 Å². The van der Waals surface area contributed by atoms with Crippen molar-refractivity contribution in [3.05, 3.63) is 0 Å². The SMILES string of the molecule is CC(C)CO.CCCC(O)CC. The number of aliphatic hydroxyl groups is 2. The van der Waals surface area contributed by atoms with Crippen LogP contribution in [-0.4, -0.2) is 22.9 Å². The van der Waals surface area contributed by atoms with Crippen molar-refractivity contribution < 1.29 is 10.2 Å². The molecule has 0 aromatic carbocycles. The Bertz CT molecular complexity index is 72.2. The van der Waals surface area contributed by atoms with Crippen LogP contribution in [-0.2, 0) is 0 Å². The first-order valence-electron chi connectivity index (χ1n) is 4.87. The fraction of sp³-hybridized carbons (Fsp3) is 1.00. The van der Waals surface area contributed by atoms with E-state index in [0.29, 0.717) is 12.5 Å². The number of aliphatic hydroxyl groups excluding tert-OH is 2. The molecule has 0 aliphatic carbocycles. The molecule has 1 atom stereocenters. The molecule has 0 radical (unpaired) electrons. The maximum absolute atomic E-state index is 8.86. The van der Waals surface area contributed by atoms with Gasteiger partial charge in [-0.25, -0.2) is 0 Å². The second-order valence-electron chi connectivity index (χ2n) is 3.43. The highest BCUT2D eigenvalue weighted by Gasteiger charge is 1.94. The van der Waals surface area contributed by atoms with Gasteiger partial charge < -0.3 is 10.2 Å².